The Hall–Kier alpha value is -2.62. The maximum Gasteiger partial charge on any atom is 0.310 e. The molecule has 4 aromatic rings. The lowest BCUT2D eigenvalue weighted by molar-refractivity contribution is -0.0893. The average molecular weight is 464 g/mol. The molecule has 35 heavy (non-hydrogen) atoms. The van der Waals surface area contributed by atoms with Crippen molar-refractivity contribution < 1.29 is 9.76 Å². The third-order valence-corrected chi connectivity index (χ3v) is 8.18. The van der Waals surface area contributed by atoms with Gasteiger partial charge in [-0.05, 0) is 99.9 Å². The van der Waals surface area contributed by atoms with E-state index in [2.05, 4.69) is 82.3 Å². The highest BCUT2D eigenvalue weighted by Gasteiger charge is 2.36. The maximum absolute atomic E-state index is 10.6. The summed E-state index contributed by atoms with van der Waals surface area (Å²) in [6.45, 7) is 16.8. The van der Waals surface area contributed by atoms with Crippen molar-refractivity contribution >= 4 is 34.5 Å². The molecule has 0 aliphatic heterocycles. The van der Waals surface area contributed by atoms with Gasteiger partial charge in [0.25, 0.3) is 0 Å². The molecule has 0 unspecified atom stereocenters. The molecule has 1 N–H and O–H groups in total. The second-order valence-electron chi connectivity index (χ2n) is 11.8. The summed E-state index contributed by atoms with van der Waals surface area (Å²) in [4.78, 5) is 0. The van der Waals surface area contributed by atoms with Gasteiger partial charge < -0.3 is 9.76 Å². The van der Waals surface area contributed by atoms with Crippen LogP contribution >= 0.6 is 0 Å². The largest absolute Gasteiger partial charge is 0.427 e. The van der Waals surface area contributed by atoms with Crippen molar-refractivity contribution in [3.05, 3.63) is 65.7 Å². The first-order chi connectivity index (χ1) is 16.4. The van der Waals surface area contributed by atoms with E-state index < -0.39 is 11.2 Å². The molecule has 5 rings (SSSR count). The van der Waals surface area contributed by atoms with Crippen LogP contribution in [0.15, 0.2) is 54.6 Å². The highest BCUT2D eigenvalue weighted by molar-refractivity contribution is 6.52. The van der Waals surface area contributed by atoms with Crippen LogP contribution in [0.3, 0.4) is 0 Å². The van der Waals surface area contributed by atoms with Crippen LogP contribution in [-0.4, -0.2) is 23.8 Å². The van der Waals surface area contributed by atoms with E-state index in [-0.39, 0.29) is 0 Å². The molecule has 0 saturated carbocycles. The summed E-state index contributed by atoms with van der Waals surface area (Å²) >= 11 is 0. The number of benzene rings is 4. The van der Waals surface area contributed by atoms with Crippen LogP contribution in [0.2, 0.25) is 0 Å². The molecule has 4 aromatic carbocycles. The van der Waals surface area contributed by atoms with Gasteiger partial charge in [0.2, 0.25) is 0 Å². The van der Waals surface area contributed by atoms with E-state index >= 15 is 0 Å². The number of fused-ring (bicyclic) bond motifs is 4. The minimum atomic E-state index is -0.934. The van der Waals surface area contributed by atoms with Crippen molar-refractivity contribution in [2.24, 2.45) is 0 Å². The first-order valence-corrected chi connectivity index (χ1v) is 12.9. The Morgan fingerprint density at radius 3 is 1.71 bits per heavy atom. The molecule has 1 aliphatic rings. The Labute approximate surface area is 210 Å². The Bertz CT molecular complexity index is 1390. The van der Waals surface area contributed by atoms with Crippen LogP contribution < -0.4 is 5.46 Å². The molecule has 3 heteroatoms. The predicted molar refractivity (Wildman–Crippen MR) is 152 cm³/mol. The van der Waals surface area contributed by atoms with Gasteiger partial charge in [-0.2, -0.15) is 0 Å². The highest BCUT2D eigenvalue weighted by atomic mass is 16.5. The molecule has 2 nitrogen and oxygen atoms in total. The summed E-state index contributed by atoms with van der Waals surface area (Å²) in [6.07, 6.45) is 0. The maximum atomic E-state index is 10.6. The molecule has 0 atom stereocenters. The Morgan fingerprint density at radius 2 is 1.20 bits per heavy atom. The zero-order valence-corrected chi connectivity index (χ0v) is 22.4. The van der Waals surface area contributed by atoms with E-state index in [1.54, 1.807) is 0 Å². The summed E-state index contributed by atoms with van der Waals surface area (Å²) in [6, 6.07) is 20.2. The van der Waals surface area contributed by atoms with E-state index in [1.165, 1.54) is 54.9 Å². The minimum Gasteiger partial charge on any atom is -0.427 e. The highest BCUT2D eigenvalue weighted by Crippen LogP contribution is 2.55. The van der Waals surface area contributed by atoms with Crippen LogP contribution in [0, 0.1) is 0 Å². The fourth-order valence-corrected chi connectivity index (χ4v) is 5.69. The van der Waals surface area contributed by atoms with Gasteiger partial charge in [-0.3, -0.25) is 0 Å². The van der Waals surface area contributed by atoms with Gasteiger partial charge in [0.05, 0.1) is 11.2 Å². The number of hydrogen-bond donors (Lipinski definition) is 1. The van der Waals surface area contributed by atoms with Gasteiger partial charge >= 0.3 is 7.48 Å². The van der Waals surface area contributed by atoms with E-state index in [0.29, 0.717) is 19.3 Å². The SMILES string of the molecule is CC(C)c1c2c(c(C(C)C)c3ccccc13)-c1ccc(BOC(C)(C)C(C)(C)O)c3cccc-2c13. The Balaban J connectivity index is 1.79. The molecule has 0 heterocycles. The van der Waals surface area contributed by atoms with Crippen molar-refractivity contribution in [3.8, 4) is 22.3 Å². The quantitative estimate of drug-likeness (QED) is 0.265. The van der Waals surface area contributed by atoms with Crippen molar-refractivity contribution in [3.63, 3.8) is 0 Å². The first kappa shape index (κ1) is 24.1. The summed E-state index contributed by atoms with van der Waals surface area (Å²) < 4.78 is 6.30. The smallest absolute Gasteiger partial charge is 0.310 e. The molecule has 180 valence electrons. The second-order valence-corrected chi connectivity index (χ2v) is 11.8. The normalized spacial score (nSPS) is 13.3. The molecular weight excluding hydrogens is 427 g/mol. The third-order valence-electron chi connectivity index (χ3n) is 8.18. The fourth-order valence-electron chi connectivity index (χ4n) is 5.69. The van der Waals surface area contributed by atoms with Gasteiger partial charge in [-0.15, -0.1) is 0 Å². The summed E-state index contributed by atoms with van der Waals surface area (Å²) in [5, 5.41) is 15.9. The second kappa shape index (κ2) is 8.22. The number of hydrogen-bond acceptors (Lipinski definition) is 2. The van der Waals surface area contributed by atoms with Crippen LogP contribution in [0.1, 0.15) is 78.4 Å². The van der Waals surface area contributed by atoms with E-state index in [1.807, 2.05) is 27.7 Å². The molecule has 0 amide bonds. The van der Waals surface area contributed by atoms with Crippen LogP contribution in [-0.2, 0) is 4.65 Å². The lowest BCUT2D eigenvalue weighted by Crippen LogP contribution is -2.49. The van der Waals surface area contributed by atoms with Crippen molar-refractivity contribution in [2.45, 2.75) is 78.4 Å². The molecule has 0 radical (unpaired) electrons. The van der Waals surface area contributed by atoms with E-state index in [0.717, 1.165) is 5.46 Å². The van der Waals surface area contributed by atoms with Crippen molar-refractivity contribution in [2.75, 3.05) is 0 Å². The van der Waals surface area contributed by atoms with Gasteiger partial charge in [0, 0.05) is 0 Å². The van der Waals surface area contributed by atoms with Crippen LogP contribution in [0.4, 0.5) is 0 Å². The van der Waals surface area contributed by atoms with Gasteiger partial charge in [0.1, 0.15) is 0 Å². The van der Waals surface area contributed by atoms with Gasteiger partial charge in [-0.25, -0.2) is 0 Å². The molecule has 0 fully saturated rings. The molecular formula is C32H37BO2. The summed E-state index contributed by atoms with van der Waals surface area (Å²) in [5.41, 5.74) is 7.98. The zero-order chi connectivity index (χ0) is 25.3. The van der Waals surface area contributed by atoms with Gasteiger partial charge in [-0.1, -0.05) is 82.3 Å². The fraction of sp³-hybridized carbons (Fsp3) is 0.375. The average Bonchev–Trinajstić information content (AvgIpc) is 3.11. The van der Waals surface area contributed by atoms with Gasteiger partial charge in [0.15, 0.2) is 0 Å². The third kappa shape index (κ3) is 3.63. The number of aliphatic hydroxyl groups is 1. The topological polar surface area (TPSA) is 29.5 Å². The van der Waals surface area contributed by atoms with E-state index in [4.69, 9.17) is 4.65 Å². The van der Waals surface area contributed by atoms with Crippen LogP contribution in [0.5, 0.6) is 0 Å². The predicted octanol–water partition coefficient (Wildman–Crippen LogP) is 7.43. The first-order valence-electron chi connectivity index (χ1n) is 12.9. The van der Waals surface area contributed by atoms with Crippen molar-refractivity contribution in [1.82, 2.24) is 0 Å². The number of rotatable bonds is 6. The molecule has 0 aromatic heterocycles. The lowest BCUT2D eigenvalue weighted by Gasteiger charge is -2.37. The Kier molecular flexibility index (Phi) is 5.66. The lowest BCUT2D eigenvalue weighted by atomic mass is 9.79. The molecule has 0 spiro atoms. The zero-order valence-electron chi connectivity index (χ0n) is 22.4. The Morgan fingerprint density at radius 1 is 0.686 bits per heavy atom. The van der Waals surface area contributed by atoms with E-state index in [9.17, 15) is 5.11 Å². The standard InChI is InChI=1S/C32H37BO2/c1-18(2)26-20-12-9-10-13-21(20)27(19(3)4)30-24-16-17-25(33-35-32(7,8)31(5,6)34)22-14-11-15-23(28(22)24)29(26)30/h9-19,33-34H,1-8H3. The molecule has 1 aliphatic carbocycles. The van der Waals surface area contributed by atoms with Crippen LogP contribution in [0.25, 0.3) is 43.8 Å². The summed E-state index contributed by atoms with van der Waals surface area (Å²) in [7, 11) is 0.462. The van der Waals surface area contributed by atoms with Crippen molar-refractivity contribution in [1.29, 1.82) is 0 Å². The summed E-state index contributed by atoms with van der Waals surface area (Å²) in [5.74, 6) is 0.824. The molecule has 0 saturated heterocycles. The monoisotopic (exact) mass is 464 g/mol. The molecule has 0 bridgehead atoms. The minimum absolute atomic E-state index is 0.412.